The van der Waals surface area contributed by atoms with Crippen molar-refractivity contribution in [1.29, 1.82) is 0 Å². The molecule has 0 aliphatic rings. The van der Waals surface area contributed by atoms with Crippen LogP contribution in [0.15, 0.2) is 83.3 Å². The van der Waals surface area contributed by atoms with E-state index in [1.165, 1.54) is 15.9 Å². The van der Waals surface area contributed by atoms with Gasteiger partial charge in [0, 0.05) is 4.47 Å². The zero-order valence-electron chi connectivity index (χ0n) is 15.4. The number of halogens is 1. The summed E-state index contributed by atoms with van der Waals surface area (Å²) in [5, 5.41) is 14.0. The summed E-state index contributed by atoms with van der Waals surface area (Å²) in [6.45, 7) is 6.59. The maximum Gasteiger partial charge on any atom is 0.160 e. The Labute approximate surface area is 166 Å². The molecule has 0 heterocycles. The van der Waals surface area contributed by atoms with E-state index in [1.807, 2.05) is 18.2 Å². The smallest absolute Gasteiger partial charge is 0.160 e. The molecule has 3 heteroatoms. The number of benzene rings is 3. The molecule has 1 atom stereocenters. The molecule has 0 aromatic heterocycles. The molecule has 0 aliphatic heterocycles. The highest BCUT2D eigenvalue weighted by Gasteiger charge is 2.32. The van der Waals surface area contributed by atoms with E-state index < -0.39 is 14.5 Å². The first-order valence-electron chi connectivity index (χ1n) is 8.84. The first-order valence-corrected chi connectivity index (χ1v) is 11.2. The first-order chi connectivity index (χ1) is 12.4. The maximum absolute atomic E-state index is 11.6. The van der Waals surface area contributed by atoms with E-state index in [0.717, 1.165) is 10.0 Å². The molecule has 133 valence electrons. The minimum atomic E-state index is -1.39. The molecule has 0 fully saturated rings. The number of hydrogen-bond acceptors (Lipinski definition) is 1. The third kappa shape index (κ3) is 4.01. The lowest BCUT2D eigenvalue weighted by atomic mass is 9.84. The quantitative estimate of drug-likeness (QED) is 0.606. The summed E-state index contributed by atoms with van der Waals surface area (Å²) in [5.41, 5.74) is 1.61. The molecule has 0 saturated heterocycles. The van der Waals surface area contributed by atoms with Gasteiger partial charge in [-0.05, 0) is 22.6 Å². The summed E-state index contributed by atoms with van der Waals surface area (Å²) in [6.07, 6.45) is 0. The summed E-state index contributed by atoms with van der Waals surface area (Å²) in [7, 11) is -1.39. The topological polar surface area (TPSA) is 20.2 Å². The zero-order valence-corrected chi connectivity index (χ0v) is 18.0. The summed E-state index contributed by atoms with van der Waals surface area (Å²) in [6, 6.07) is 27.0. The average Bonchev–Trinajstić information content (AvgIpc) is 2.62. The van der Waals surface area contributed by atoms with Gasteiger partial charge in [-0.15, -0.1) is 0 Å². The van der Waals surface area contributed by atoms with Gasteiger partial charge in [-0.1, -0.05) is 120 Å². The van der Waals surface area contributed by atoms with Crippen molar-refractivity contribution in [3.63, 3.8) is 0 Å². The van der Waals surface area contributed by atoms with Crippen LogP contribution in [0.25, 0.3) is 0 Å². The molecule has 0 amide bonds. The van der Waals surface area contributed by atoms with Crippen LogP contribution in [0.2, 0.25) is 0 Å². The van der Waals surface area contributed by atoms with Crippen molar-refractivity contribution in [3.8, 4) is 0 Å². The van der Waals surface area contributed by atoms with E-state index in [2.05, 4.69) is 97.4 Å². The number of aliphatic hydroxyl groups excluding tert-OH is 1. The molecule has 0 bridgehead atoms. The average molecular weight is 424 g/mol. The molecule has 1 unspecified atom stereocenters. The van der Waals surface area contributed by atoms with E-state index in [9.17, 15) is 5.11 Å². The Morgan fingerprint density at radius 3 is 1.73 bits per heavy atom. The van der Waals surface area contributed by atoms with Gasteiger partial charge in [0.05, 0.1) is 5.73 Å². The van der Waals surface area contributed by atoms with Gasteiger partial charge < -0.3 is 5.11 Å². The standard InChI is InChI=1S/C23H24BrOSi/c1-23(2,3)21-19(15-10-16-20(21)24)22(25)26(17-11-6-4-7-12-17)18-13-8-5-9-14-18/h4-16,22,25H,1-3H3. The van der Waals surface area contributed by atoms with Crippen molar-refractivity contribution in [2.24, 2.45) is 0 Å². The number of rotatable bonds is 4. The van der Waals surface area contributed by atoms with Crippen molar-refractivity contribution in [1.82, 2.24) is 0 Å². The van der Waals surface area contributed by atoms with Crippen LogP contribution in [0.5, 0.6) is 0 Å². The van der Waals surface area contributed by atoms with Gasteiger partial charge in [0.2, 0.25) is 0 Å². The number of hydrogen-bond donors (Lipinski definition) is 1. The third-order valence-corrected chi connectivity index (χ3v) is 7.96. The Balaban J connectivity index is 2.17. The minimum Gasteiger partial charge on any atom is -0.391 e. The molecule has 26 heavy (non-hydrogen) atoms. The van der Waals surface area contributed by atoms with Gasteiger partial charge in [-0.25, -0.2) is 0 Å². The van der Waals surface area contributed by atoms with Crippen LogP contribution in [0.4, 0.5) is 0 Å². The molecular weight excluding hydrogens is 400 g/mol. The molecule has 0 saturated carbocycles. The van der Waals surface area contributed by atoms with E-state index in [1.54, 1.807) is 0 Å². The molecule has 3 rings (SSSR count). The van der Waals surface area contributed by atoms with E-state index in [-0.39, 0.29) is 5.41 Å². The SMILES string of the molecule is CC(C)(C)c1c(Br)cccc1C(O)[Si](c1ccccc1)c1ccccc1. The highest BCUT2D eigenvalue weighted by atomic mass is 79.9. The molecule has 1 N–H and O–H groups in total. The molecular formula is C23H24BrOSi. The lowest BCUT2D eigenvalue weighted by molar-refractivity contribution is 0.253. The second kappa shape index (κ2) is 7.91. The highest BCUT2D eigenvalue weighted by molar-refractivity contribution is 9.10. The predicted octanol–water partition coefficient (Wildman–Crippen LogP) is 4.63. The van der Waals surface area contributed by atoms with Crippen LogP contribution in [0.1, 0.15) is 37.6 Å². The highest BCUT2D eigenvalue weighted by Crippen LogP contribution is 2.36. The largest absolute Gasteiger partial charge is 0.391 e. The Kier molecular flexibility index (Phi) is 5.81. The second-order valence-corrected chi connectivity index (χ2v) is 10.9. The predicted molar refractivity (Wildman–Crippen MR) is 116 cm³/mol. The van der Waals surface area contributed by atoms with Crippen LogP contribution < -0.4 is 10.4 Å². The Morgan fingerprint density at radius 1 is 0.769 bits per heavy atom. The zero-order chi connectivity index (χ0) is 18.7. The molecule has 3 aromatic rings. The van der Waals surface area contributed by atoms with Crippen LogP contribution >= 0.6 is 15.9 Å². The Hall–Kier alpha value is -1.68. The monoisotopic (exact) mass is 423 g/mol. The summed E-state index contributed by atoms with van der Waals surface area (Å²) < 4.78 is 1.06. The molecule has 1 nitrogen and oxygen atoms in total. The fraction of sp³-hybridized carbons (Fsp3) is 0.217. The van der Waals surface area contributed by atoms with Crippen LogP contribution in [0.3, 0.4) is 0 Å². The van der Waals surface area contributed by atoms with Crippen molar-refractivity contribution >= 4 is 35.1 Å². The van der Waals surface area contributed by atoms with Gasteiger partial charge in [0.15, 0.2) is 8.80 Å². The second-order valence-electron chi connectivity index (χ2n) is 7.50. The summed E-state index contributed by atoms with van der Waals surface area (Å²) >= 11 is 3.71. The van der Waals surface area contributed by atoms with Crippen molar-refractivity contribution in [2.45, 2.75) is 31.9 Å². The third-order valence-electron chi connectivity index (χ3n) is 4.53. The Bertz CT molecular complexity index is 817. The lowest BCUT2D eigenvalue weighted by Crippen LogP contribution is -2.48. The van der Waals surface area contributed by atoms with Gasteiger partial charge in [-0.3, -0.25) is 0 Å². The molecule has 0 spiro atoms. The summed E-state index contributed by atoms with van der Waals surface area (Å²) in [5.74, 6) is 0. The first kappa shape index (κ1) is 19.1. The summed E-state index contributed by atoms with van der Waals surface area (Å²) in [4.78, 5) is 0. The normalized spacial score (nSPS) is 13.0. The van der Waals surface area contributed by atoms with E-state index in [4.69, 9.17) is 0 Å². The Morgan fingerprint density at radius 2 is 1.27 bits per heavy atom. The van der Waals surface area contributed by atoms with E-state index in [0.29, 0.717) is 0 Å². The molecule has 0 aliphatic carbocycles. The van der Waals surface area contributed by atoms with Gasteiger partial charge in [0.1, 0.15) is 0 Å². The maximum atomic E-state index is 11.6. The van der Waals surface area contributed by atoms with Gasteiger partial charge in [0.25, 0.3) is 0 Å². The van der Waals surface area contributed by atoms with Crippen molar-refractivity contribution in [2.75, 3.05) is 0 Å². The van der Waals surface area contributed by atoms with E-state index >= 15 is 0 Å². The van der Waals surface area contributed by atoms with Gasteiger partial charge >= 0.3 is 0 Å². The van der Waals surface area contributed by atoms with Crippen LogP contribution in [0, 0.1) is 0 Å². The van der Waals surface area contributed by atoms with Crippen LogP contribution in [-0.2, 0) is 5.41 Å². The molecule has 3 aromatic carbocycles. The fourth-order valence-electron chi connectivity index (χ4n) is 3.43. The van der Waals surface area contributed by atoms with Crippen LogP contribution in [-0.4, -0.2) is 13.9 Å². The lowest BCUT2D eigenvalue weighted by Gasteiger charge is -2.30. The minimum absolute atomic E-state index is 0.0588. The van der Waals surface area contributed by atoms with Gasteiger partial charge in [-0.2, -0.15) is 0 Å². The van der Waals surface area contributed by atoms with Crippen molar-refractivity contribution in [3.05, 3.63) is 94.5 Å². The molecule has 1 radical (unpaired) electrons. The fourth-order valence-corrected chi connectivity index (χ4v) is 7.03. The van der Waals surface area contributed by atoms with Crippen molar-refractivity contribution < 1.29 is 5.11 Å². The number of aliphatic hydroxyl groups is 1.